The Hall–Kier alpha value is -4.58. The van der Waals surface area contributed by atoms with Gasteiger partial charge in [0.2, 0.25) is 0 Å². The number of non-ortho nitro benzene ring substituents is 1. The topological polar surface area (TPSA) is 136 Å². The lowest BCUT2D eigenvalue weighted by Crippen LogP contribution is -2.36. The van der Waals surface area contributed by atoms with Gasteiger partial charge in [0.15, 0.2) is 6.23 Å². The highest BCUT2D eigenvalue weighted by molar-refractivity contribution is 7.85. The zero-order valence-electron chi connectivity index (χ0n) is 24.3. The molecule has 4 aromatic rings. The normalized spacial score (nSPS) is 11.7. The molecule has 0 aliphatic rings. The van der Waals surface area contributed by atoms with Crippen LogP contribution < -0.4 is 4.74 Å². The summed E-state index contributed by atoms with van der Waals surface area (Å²) >= 11 is 0. The van der Waals surface area contributed by atoms with Gasteiger partial charge in [0.1, 0.15) is 10.6 Å². The first-order valence-corrected chi connectivity index (χ1v) is 14.7. The van der Waals surface area contributed by atoms with Crippen molar-refractivity contribution in [3.05, 3.63) is 135 Å². The number of rotatable bonds is 10. The van der Waals surface area contributed by atoms with Crippen LogP contribution in [0.2, 0.25) is 0 Å². The average Bonchev–Trinajstić information content (AvgIpc) is 2.99. The van der Waals surface area contributed by atoms with Crippen LogP contribution in [0, 0.1) is 24.0 Å². The van der Waals surface area contributed by atoms with Crippen LogP contribution in [0.15, 0.2) is 102 Å². The van der Waals surface area contributed by atoms with Gasteiger partial charge < -0.3 is 9.47 Å². The SMILES string of the molecule is COc1ccc(C(=O)OC(C)N(Cc2ccccc2C)Cc2ccccc2C)cc1.O=[N+]([O-])c1cccc(S(=O)(=O)O)c1. The van der Waals surface area contributed by atoms with Gasteiger partial charge in [-0.3, -0.25) is 19.6 Å². The van der Waals surface area contributed by atoms with E-state index in [2.05, 4.69) is 43.0 Å². The quantitative estimate of drug-likeness (QED) is 0.0719. The molecule has 0 heterocycles. The van der Waals surface area contributed by atoms with E-state index in [1.165, 1.54) is 28.3 Å². The van der Waals surface area contributed by atoms with Crippen LogP contribution >= 0.6 is 0 Å². The summed E-state index contributed by atoms with van der Waals surface area (Å²) < 4.78 is 40.6. The summed E-state index contributed by atoms with van der Waals surface area (Å²) in [6.45, 7) is 7.53. The van der Waals surface area contributed by atoms with Gasteiger partial charge >= 0.3 is 5.97 Å². The zero-order valence-corrected chi connectivity index (χ0v) is 25.2. The zero-order chi connectivity index (χ0) is 31.6. The van der Waals surface area contributed by atoms with Gasteiger partial charge in [-0.15, -0.1) is 0 Å². The molecule has 0 saturated carbocycles. The Labute approximate surface area is 251 Å². The maximum atomic E-state index is 12.7. The van der Waals surface area contributed by atoms with Crippen LogP contribution in [0.25, 0.3) is 0 Å². The number of ether oxygens (including phenoxy) is 2. The van der Waals surface area contributed by atoms with Crippen molar-refractivity contribution in [1.82, 2.24) is 4.90 Å². The minimum absolute atomic E-state index is 0.343. The van der Waals surface area contributed by atoms with Crippen LogP contribution in [0.4, 0.5) is 5.69 Å². The molecule has 4 rings (SSSR count). The minimum Gasteiger partial charge on any atom is -0.497 e. The summed E-state index contributed by atoms with van der Waals surface area (Å²) in [6, 6.07) is 27.8. The summed E-state index contributed by atoms with van der Waals surface area (Å²) in [5, 5.41) is 10.2. The highest BCUT2D eigenvalue weighted by Crippen LogP contribution is 2.20. The van der Waals surface area contributed by atoms with Crippen molar-refractivity contribution >= 4 is 21.8 Å². The van der Waals surface area contributed by atoms with Gasteiger partial charge in [0.25, 0.3) is 15.8 Å². The standard InChI is InChI=1S/C26H29NO3.C6H5NO5S/c1-19-9-5-7-11-23(19)17-27(18-24-12-8-6-10-20(24)2)21(3)30-26(28)22-13-15-25(29-4)16-14-22;8-7(9)5-2-1-3-6(4-5)13(10,11)12/h5-16,21H,17-18H2,1-4H3;1-4H,(H,10,11,12). The number of carbonyl (C=O) groups excluding carboxylic acids is 1. The molecule has 0 aliphatic heterocycles. The number of hydrogen-bond donors (Lipinski definition) is 1. The number of benzene rings is 4. The van der Waals surface area contributed by atoms with E-state index in [4.69, 9.17) is 14.0 Å². The van der Waals surface area contributed by atoms with Crippen molar-refractivity contribution in [3.8, 4) is 5.75 Å². The predicted octanol–water partition coefficient (Wildman–Crippen LogP) is 6.36. The fraction of sp³-hybridized carbons (Fsp3) is 0.219. The molecule has 0 aromatic heterocycles. The maximum Gasteiger partial charge on any atom is 0.339 e. The molecule has 0 fully saturated rings. The Morgan fingerprint density at radius 2 is 1.42 bits per heavy atom. The number of aryl methyl sites for hydroxylation is 2. The Morgan fingerprint density at radius 3 is 1.88 bits per heavy atom. The largest absolute Gasteiger partial charge is 0.497 e. The van der Waals surface area contributed by atoms with Crippen LogP contribution in [0.1, 0.15) is 39.5 Å². The molecule has 0 spiro atoms. The molecule has 226 valence electrons. The fourth-order valence-electron chi connectivity index (χ4n) is 4.11. The monoisotopic (exact) mass is 606 g/mol. The van der Waals surface area contributed by atoms with Gasteiger partial charge in [0.05, 0.1) is 17.6 Å². The second-order valence-corrected chi connectivity index (χ2v) is 11.1. The Bertz CT molecular complexity index is 1610. The number of hydrogen-bond acceptors (Lipinski definition) is 8. The molecule has 1 N–H and O–H groups in total. The molecule has 11 heteroatoms. The Morgan fingerprint density at radius 1 is 0.884 bits per heavy atom. The average molecular weight is 607 g/mol. The first kappa shape index (κ1) is 32.9. The summed E-state index contributed by atoms with van der Waals surface area (Å²) in [6.07, 6.45) is -0.390. The fourth-order valence-corrected chi connectivity index (χ4v) is 4.63. The van der Waals surface area contributed by atoms with E-state index in [0.717, 1.165) is 18.2 Å². The summed E-state index contributed by atoms with van der Waals surface area (Å²) in [4.78, 5) is 23.9. The van der Waals surface area contributed by atoms with Gasteiger partial charge in [0, 0.05) is 25.2 Å². The lowest BCUT2D eigenvalue weighted by atomic mass is 10.1. The van der Waals surface area contributed by atoms with Gasteiger partial charge in [-0.2, -0.15) is 8.42 Å². The van der Waals surface area contributed by atoms with Crippen molar-refractivity contribution in [2.24, 2.45) is 0 Å². The second-order valence-electron chi connectivity index (χ2n) is 9.72. The first-order valence-electron chi connectivity index (χ1n) is 13.3. The minimum atomic E-state index is -4.36. The highest BCUT2D eigenvalue weighted by atomic mass is 32.2. The third-order valence-corrected chi connectivity index (χ3v) is 7.56. The van der Waals surface area contributed by atoms with Gasteiger partial charge in [-0.05, 0) is 73.4 Å². The molecule has 0 aliphatic carbocycles. The summed E-state index contributed by atoms with van der Waals surface area (Å²) in [7, 11) is -2.76. The summed E-state index contributed by atoms with van der Waals surface area (Å²) in [5.41, 5.74) is 5.02. The third-order valence-electron chi connectivity index (χ3n) is 6.71. The molecule has 0 amide bonds. The van der Waals surface area contributed by atoms with E-state index < -0.39 is 19.9 Å². The molecule has 10 nitrogen and oxygen atoms in total. The number of nitrogens with zero attached hydrogens (tertiary/aromatic N) is 2. The van der Waals surface area contributed by atoms with E-state index in [1.54, 1.807) is 31.4 Å². The van der Waals surface area contributed by atoms with Crippen LogP contribution in [-0.2, 0) is 27.9 Å². The molecule has 4 aromatic carbocycles. The lowest BCUT2D eigenvalue weighted by molar-refractivity contribution is -0.385. The Kier molecular flexibility index (Phi) is 11.5. The number of esters is 1. The Balaban J connectivity index is 0.000000326. The second kappa shape index (κ2) is 15.1. The number of carbonyl (C=O) groups is 1. The van der Waals surface area contributed by atoms with Crippen molar-refractivity contribution in [2.75, 3.05) is 7.11 Å². The van der Waals surface area contributed by atoms with E-state index in [0.29, 0.717) is 24.4 Å². The highest BCUT2D eigenvalue weighted by Gasteiger charge is 2.21. The van der Waals surface area contributed by atoms with E-state index in [-0.39, 0.29) is 17.9 Å². The van der Waals surface area contributed by atoms with E-state index in [1.807, 2.05) is 31.2 Å². The predicted molar refractivity (Wildman–Crippen MR) is 162 cm³/mol. The molecule has 1 atom stereocenters. The molecular formula is C32H34N2O8S. The summed E-state index contributed by atoms with van der Waals surface area (Å²) in [5.74, 6) is 0.366. The van der Waals surface area contributed by atoms with Crippen molar-refractivity contribution in [1.29, 1.82) is 0 Å². The van der Waals surface area contributed by atoms with E-state index >= 15 is 0 Å². The van der Waals surface area contributed by atoms with Gasteiger partial charge in [-0.1, -0.05) is 54.6 Å². The smallest absolute Gasteiger partial charge is 0.339 e. The van der Waals surface area contributed by atoms with Crippen molar-refractivity contribution < 1.29 is 32.2 Å². The first-order chi connectivity index (χ1) is 20.4. The third kappa shape index (κ3) is 9.74. The van der Waals surface area contributed by atoms with Crippen LogP contribution in [-0.4, -0.2) is 42.1 Å². The maximum absolute atomic E-state index is 12.7. The van der Waals surface area contributed by atoms with Crippen LogP contribution in [0.5, 0.6) is 5.75 Å². The molecule has 0 radical (unpaired) electrons. The van der Waals surface area contributed by atoms with E-state index in [9.17, 15) is 23.3 Å². The van der Waals surface area contributed by atoms with Crippen molar-refractivity contribution in [3.63, 3.8) is 0 Å². The molecule has 0 bridgehead atoms. The van der Waals surface area contributed by atoms with Crippen molar-refractivity contribution in [2.45, 2.75) is 45.0 Å². The number of nitro groups is 1. The number of methoxy groups -OCH3 is 1. The van der Waals surface area contributed by atoms with Crippen LogP contribution in [0.3, 0.4) is 0 Å². The molecular weight excluding hydrogens is 572 g/mol. The lowest BCUT2D eigenvalue weighted by Gasteiger charge is -2.30. The number of nitro benzene ring substituents is 1. The molecule has 0 saturated heterocycles. The van der Waals surface area contributed by atoms with Gasteiger partial charge in [-0.25, -0.2) is 4.79 Å². The molecule has 1 unspecified atom stereocenters. The molecule has 43 heavy (non-hydrogen) atoms.